The molecule has 4 fully saturated rings. The zero-order valence-corrected chi connectivity index (χ0v) is 28.5. The number of hydrogen-bond donors (Lipinski definition) is 1. The van der Waals surface area contributed by atoms with Gasteiger partial charge in [-0.25, -0.2) is 8.78 Å². The topological polar surface area (TPSA) is 113 Å². The summed E-state index contributed by atoms with van der Waals surface area (Å²) in [5.74, 6) is -0.316. The number of rotatable bonds is 4. The van der Waals surface area contributed by atoms with E-state index in [1.165, 1.54) is 26.0 Å². The molecular weight excluding hydrogens is 642 g/mol. The number of methoxy groups -OCH3 is 1. The Labute approximate surface area is 283 Å². The van der Waals surface area contributed by atoms with Gasteiger partial charge in [0.05, 0.1) is 42.4 Å². The van der Waals surface area contributed by atoms with Gasteiger partial charge in [0.25, 0.3) is 0 Å². The number of anilines is 1. The van der Waals surface area contributed by atoms with Gasteiger partial charge in [-0.2, -0.15) is 15.1 Å². The van der Waals surface area contributed by atoms with E-state index in [9.17, 15) is 9.18 Å². The van der Waals surface area contributed by atoms with Gasteiger partial charge in [0, 0.05) is 49.4 Å². The normalized spacial score (nSPS) is 21.3. The van der Waals surface area contributed by atoms with Crippen LogP contribution in [0.15, 0.2) is 31.1 Å². The predicted octanol–water partition coefficient (Wildman–Crippen LogP) is 5.50. The first kappa shape index (κ1) is 33.9. The summed E-state index contributed by atoms with van der Waals surface area (Å²) in [4.78, 5) is 31.9. The Balaban J connectivity index is 0.000000310. The summed E-state index contributed by atoms with van der Waals surface area (Å²) in [5.41, 5.74) is 1.53. The molecule has 4 aromatic rings. The van der Waals surface area contributed by atoms with Crippen molar-refractivity contribution >= 4 is 45.1 Å². The van der Waals surface area contributed by atoms with Gasteiger partial charge in [-0.1, -0.05) is 32.0 Å². The van der Waals surface area contributed by atoms with Crippen LogP contribution in [0.5, 0.6) is 6.01 Å². The van der Waals surface area contributed by atoms with Gasteiger partial charge in [-0.05, 0) is 50.4 Å². The number of aromatic nitrogens is 5. The van der Waals surface area contributed by atoms with Crippen molar-refractivity contribution < 1.29 is 23.0 Å². The van der Waals surface area contributed by atoms with E-state index >= 15 is 4.39 Å². The summed E-state index contributed by atoms with van der Waals surface area (Å²) in [7, 11) is 1.43. The van der Waals surface area contributed by atoms with Crippen molar-refractivity contribution in [1.82, 2.24) is 34.9 Å². The van der Waals surface area contributed by atoms with Crippen LogP contribution in [0.3, 0.4) is 0 Å². The zero-order valence-electron chi connectivity index (χ0n) is 27.7. The highest BCUT2D eigenvalue weighted by Crippen LogP contribution is 2.41. The Hall–Kier alpha value is -3.94. The van der Waals surface area contributed by atoms with Crippen LogP contribution in [-0.4, -0.2) is 112 Å². The molecule has 0 bridgehead atoms. The number of carbonyl (C=O) groups excluding carboxylic acids is 1. The van der Waals surface area contributed by atoms with Crippen molar-refractivity contribution in [2.45, 2.75) is 57.8 Å². The van der Waals surface area contributed by atoms with Crippen LogP contribution in [0.2, 0.25) is 5.02 Å². The number of H-pyrrole nitrogens is 1. The van der Waals surface area contributed by atoms with E-state index in [2.05, 4.69) is 36.6 Å². The number of halogens is 3. The van der Waals surface area contributed by atoms with Crippen LogP contribution in [-0.2, 0) is 9.53 Å². The van der Waals surface area contributed by atoms with Gasteiger partial charge >= 0.3 is 6.01 Å². The summed E-state index contributed by atoms with van der Waals surface area (Å²) < 4.78 is 39.6. The highest BCUT2D eigenvalue weighted by Gasteiger charge is 2.50. The van der Waals surface area contributed by atoms with Gasteiger partial charge in [-0.3, -0.25) is 19.8 Å². The molecule has 1 amide bonds. The first-order valence-corrected chi connectivity index (χ1v) is 16.8. The van der Waals surface area contributed by atoms with Gasteiger partial charge in [0.15, 0.2) is 5.82 Å². The maximum atomic E-state index is 16.2. The molecule has 4 saturated heterocycles. The van der Waals surface area contributed by atoms with Gasteiger partial charge in [0.2, 0.25) is 5.91 Å². The lowest BCUT2D eigenvalue weighted by Gasteiger charge is -2.55. The maximum absolute atomic E-state index is 16.2. The average molecular weight is 683 g/mol. The van der Waals surface area contributed by atoms with Gasteiger partial charge in [0.1, 0.15) is 28.7 Å². The third-order valence-corrected chi connectivity index (χ3v) is 10.0. The molecule has 1 N–H and O–H groups in total. The standard InChI is InChI=1S/C25H23ClFN7O3.C7H12FN.C2H6/c1-4-17(35)34-6-5-33(10-25(34)11-37-12-25)23-15-8-28-22(20(27)21(15)30-24(31-23)36-3)18-14-9-29-32-16(14)7-13(2)19(18)26;8-6-4-7-2-1-3-9(7)5-6;1-2/h4,7-9H,1,5-6,10-12H2,2-3H3,(H,29,32);6-7H,1-5H2;1-2H3. The molecule has 0 aliphatic carbocycles. The van der Waals surface area contributed by atoms with Crippen LogP contribution in [0.4, 0.5) is 14.6 Å². The van der Waals surface area contributed by atoms with E-state index in [0.29, 0.717) is 72.6 Å². The average Bonchev–Trinajstić information content (AvgIpc) is 3.82. The Morgan fingerprint density at radius 1 is 1.21 bits per heavy atom. The Bertz CT molecular complexity index is 1820. The smallest absolute Gasteiger partial charge is 0.318 e. The van der Waals surface area contributed by atoms with E-state index in [1.54, 1.807) is 17.3 Å². The van der Waals surface area contributed by atoms with E-state index < -0.39 is 17.5 Å². The minimum absolute atomic E-state index is 0.0193. The van der Waals surface area contributed by atoms with E-state index in [4.69, 9.17) is 21.1 Å². The molecule has 48 heavy (non-hydrogen) atoms. The van der Waals surface area contributed by atoms with Crippen molar-refractivity contribution in [3.63, 3.8) is 0 Å². The van der Waals surface area contributed by atoms with Crippen LogP contribution >= 0.6 is 11.6 Å². The lowest BCUT2D eigenvalue weighted by molar-refractivity contribution is -0.164. The van der Waals surface area contributed by atoms with Gasteiger partial charge < -0.3 is 19.3 Å². The lowest BCUT2D eigenvalue weighted by Crippen LogP contribution is -2.72. The first-order chi connectivity index (χ1) is 23.2. The molecular formula is C34H41ClF2N8O3. The molecule has 8 rings (SSSR count). The fourth-order valence-corrected chi connectivity index (χ4v) is 7.43. The fraction of sp³-hybridized carbons (Fsp3) is 0.500. The number of amides is 1. The molecule has 1 spiro atoms. The zero-order chi connectivity index (χ0) is 34.2. The summed E-state index contributed by atoms with van der Waals surface area (Å²) in [6, 6.07) is 2.48. The number of ether oxygens (including phenoxy) is 2. The summed E-state index contributed by atoms with van der Waals surface area (Å²) in [5, 5.41) is 8.45. The summed E-state index contributed by atoms with van der Waals surface area (Å²) >= 11 is 6.64. The maximum Gasteiger partial charge on any atom is 0.318 e. The molecule has 1 aromatic carbocycles. The summed E-state index contributed by atoms with van der Waals surface area (Å²) in [6.07, 6.45) is 7.27. The molecule has 2 atom stereocenters. The van der Waals surface area contributed by atoms with Crippen molar-refractivity contribution in [3.8, 4) is 17.3 Å². The Morgan fingerprint density at radius 3 is 2.69 bits per heavy atom. The summed E-state index contributed by atoms with van der Waals surface area (Å²) in [6.45, 7) is 13.5. The number of carbonyl (C=O) groups is 1. The number of benzene rings is 1. The molecule has 0 saturated carbocycles. The second-order valence-corrected chi connectivity index (χ2v) is 12.8. The number of fused-ring (bicyclic) bond motifs is 3. The van der Waals surface area contributed by atoms with Crippen molar-refractivity contribution in [2.24, 2.45) is 0 Å². The lowest BCUT2D eigenvalue weighted by atomic mass is 9.91. The number of hydrogen-bond acceptors (Lipinski definition) is 9. The number of alkyl halides is 1. The molecule has 4 aliphatic rings. The molecule has 7 heterocycles. The molecule has 3 aromatic heterocycles. The molecule has 2 unspecified atom stereocenters. The molecule has 11 nitrogen and oxygen atoms in total. The molecule has 4 aliphatic heterocycles. The number of piperazine rings is 1. The predicted molar refractivity (Wildman–Crippen MR) is 182 cm³/mol. The van der Waals surface area contributed by atoms with Crippen molar-refractivity contribution in [1.29, 1.82) is 0 Å². The Morgan fingerprint density at radius 2 is 2.00 bits per heavy atom. The van der Waals surface area contributed by atoms with Crippen LogP contribution in [0, 0.1) is 12.7 Å². The molecule has 14 heteroatoms. The number of aromatic amines is 1. The number of pyridine rings is 1. The number of nitrogens with zero attached hydrogens (tertiary/aromatic N) is 7. The Kier molecular flexibility index (Phi) is 9.82. The second-order valence-electron chi connectivity index (χ2n) is 12.4. The fourth-order valence-electron chi connectivity index (χ4n) is 7.18. The second kappa shape index (κ2) is 13.9. The highest BCUT2D eigenvalue weighted by molar-refractivity contribution is 6.35. The minimum Gasteiger partial charge on any atom is -0.467 e. The first-order valence-electron chi connectivity index (χ1n) is 16.4. The third-order valence-electron chi connectivity index (χ3n) is 9.52. The van der Waals surface area contributed by atoms with E-state index in [-0.39, 0.29) is 23.1 Å². The quantitative estimate of drug-likeness (QED) is 0.279. The van der Waals surface area contributed by atoms with Gasteiger partial charge in [-0.15, -0.1) is 0 Å². The monoisotopic (exact) mass is 682 g/mol. The number of nitrogens with one attached hydrogen (secondary N) is 1. The molecule has 256 valence electrons. The van der Waals surface area contributed by atoms with Crippen LogP contribution in [0.1, 0.15) is 38.7 Å². The highest BCUT2D eigenvalue weighted by atomic mass is 35.5. The van der Waals surface area contributed by atoms with Crippen molar-refractivity contribution in [2.75, 3.05) is 57.9 Å². The molecule has 0 radical (unpaired) electrons. The third kappa shape index (κ3) is 5.96. The van der Waals surface area contributed by atoms with E-state index in [0.717, 1.165) is 24.0 Å². The van der Waals surface area contributed by atoms with Crippen LogP contribution in [0.25, 0.3) is 33.1 Å². The minimum atomic E-state index is -0.642. The SMILES string of the molecule is C=CC(=O)N1CCN(c2nc(OC)nc3c(F)c(-c4c(Cl)c(C)cc5[nH]ncc45)ncc23)CC12COC2.CC.FC1CC2CCCN2C1. The number of aryl methyl sites for hydroxylation is 1. The van der Waals surface area contributed by atoms with Crippen molar-refractivity contribution in [3.05, 3.63) is 47.5 Å². The van der Waals surface area contributed by atoms with E-state index in [1.807, 2.05) is 31.7 Å². The largest absolute Gasteiger partial charge is 0.467 e. The van der Waals surface area contributed by atoms with Crippen LogP contribution < -0.4 is 9.64 Å².